The van der Waals surface area contributed by atoms with Crippen LogP contribution in [0.4, 0.5) is 0 Å². The van der Waals surface area contributed by atoms with Gasteiger partial charge in [0.2, 0.25) is 0 Å². The van der Waals surface area contributed by atoms with Gasteiger partial charge < -0.3 is 15.6 Å². The molecule has 1 fully saturated rings. The van der Waals surface area contributed by atoms with E-state index in [1.54, 1.807) is 0 Å². The lowest BCUT2D eigenvalue weighted by Gasteiger charge is -2.29. The van der Waals surface area contributed by atoms with E-state index in [2.05, 4.69) is 0 Å². The summed E-state index contributed by atoms with van der Waals surface area (Å²) in [7, 11) is 0. The number of aliphatic hydroxyl groups excluding tert-OH is 1. The SMILES string of the molecule is NCC(O)C1CCO1. The van der Waals surface area contributed by atoms with Gasteiger partial charge in [-0.05, 0) is 6.42 Å². The second-order valence-corrected chi connectivity index (χ2v) is 2.00. The molecule has 1 aliphatic heterocycles. The monoisotopic (exact) mass is 117 g/mol. The number of rotatable bonds is 2. The van der Waals surface area contributed by atoms with Gasteiger partial charge in [-0.1, -0.05) is 0 Å². The Morgan fingerprint density at radius 2 is 2.50 bits per heavy atom. The van der Waals surface area contributed by atoms with E-state index in [4.69, 9.17) is 15.6 Å². The van der Waals surface area contributed by atoms with E-state index in [9.17, 15) is 0 Å². The van der Waals surface area contributed by atoms with Crippen molar-refractivity contribution in [3.8, 4) is 0 Å². The van der Waals surface area contributed by atoms with Gasteiger partial charge in [-0.15, -0.1) is 0 Å². The van der Waals surface area contributed by atoms with Crippen LogP contribution in [0.15, 0.2) is 0 Å². The van der Waals surface area contributed by atoms with Crippen molar-refractivity contribution < 1.29 is 9.84 Å². The van der Waals surface area contributed by atoms with Crippen LogP contribution >= 0.6 is 0 Å². The predicted molar refractivity (Wildman–Crippen MR) is 29.4 cm³/mol. The molecule has 2 atom stereocenters. The van der Waals surface area contributed by atoms with Gasteiger partial charge in [0, 0.05) is 13.2 Å². The fourth-order valence-electron chi connectivity index (χ4n) is 0.709. The number of nitrogens with two attached hydrogens (primary N) is 1. The highest BCUT2D eigenvalue weighted by Crippen LogP contribution is 2.13. The van der Waals surface area contributed by atoms with Gasteiger partial charge in [0.05, 0.1) is 12.2 Å². The summed E-state index contributed by atoms with van der Waals surface area (Å²) in [6, 6.07) is 0. The Labute approximate surface area is 48.4 Å². The third-order valence-corrected chi connectivity index (χ3v) is 1.40. The summed E-state index contributed by atoms with van der Waals surface area (Å²) in [6.45, 7) is 1.09. The Morgan fingerprint density at radius 3 is 2.62 bits per heavy atom. The van der Waals surface area contributed by atoms with Crippen LogP contribution in [0.25, 0.3) is 0 Å². The van der Waals surface area contributed by atoms with Crippen LogP contribution in [0.1, 0.15) is 6.42 Å². The minimum absolute atomic E-state index is 0.0278. The van der Waals surface area contributed by atoms with Crippen molar-refractivity contribution in [3.05, 3.63) is 0 Å². The lowest BCUT2D eigenvalue weighted by molar-refractivity contribution is -0.112. The molecule has 0 saturated carbocycles. The van der Waals surface area contributed by atoms with Crippen molar-refractivity contribution in [1.29, 1.82) is 0 Å². The standard InChI is InChI=1S/C5H11NO2/c6-3-4(7)5-1-2-8-5/h4-5,7H,1-3,6H2. The van der Waals surface area contributed by atoms with Gasteiger partial charge in [0.15, 0.2) is 0 Å². The molecule has 1 saturated heterocycles. The molecule has 0 aromatic rings. The first-order valence-corrected chi connectivity index (χ1v) is 2.84. The molecule has 0 bridgehead atoms. The molecule has 3 N–H and O–H groups in total. The number of hydrogen-bond acceptors (Lipinski definition) is 3. The lowest BCUT2D eigenvalue weighted by Crippen LogP contribution is -2.42. The van der Waals surface area contributed by atoms with Crippen LogP contribution < -0.4 is 5.73 Å². The molecule has 0 aliphatic carbocycles. The van der Waals surface area contributed by atoms with Gasteiger partial charge in [-0.3, -0.25) is 0 Å². The molecule has 1 rings (SSSR count). The van der Waals surface area contributed by atoms with Crippen molar-refractivity contribution in [2.45, 2.75) is 18.6 Å². The Bertz CT molecular complexity index is 70.1. The van der Waals surface area contributed by atoms with E-state index < -0.39 is 6.10 Å². The van der Waals surface area contributed by atoms with Gasteiger partial charge >= 0.3 is 0 Å². The quantitative estimate of drug-likeness (QED) is 0.492. The summed E-state index contributed by atoms with van der Waals surface area (Å²) < 4.78 is 4.95. The molecule has 0 aromatic carbocycles. The molecule has 2 unspecified atom stereocenters. The molecule has 1 aliphatic rings. The average molecular weight is 117 g/mol. The van der Waals surface area contributed by atoms with Crippen LogP contribution in [0.5, 0.6) is 0 Å². The number of ether oxygens (including phenoxy) is 1. The van der Waals surface area contributed by atoms with Crippen LogP contribution in [0.3, 0.4) is 0 Å². The normalized spacial score (nSPS) is 31.5. The molecule has 3 nitrogen and oxygen atoms in total. The fraction of sp³-hybridized carbons (Fsp3) is 1.00. The molecule has 8 heavy (non-hydrogen) atoms. The second-order valence-electron chi connectivity index (χ2n) is 2.00. The molecular formula is C5H11NO2. The summed E-state index contributed by atoms with van der Waals surface area (Å²) >= 11 is 0. The van der Waals surface area contributed by atoms with E-state index in [-0.39, 0.29) is 6.10 Å². The number of hydrogen-bond donors (Lipinski definition) is 2. The largest absolute Gasteiger partial charge is 0.389 e. The third kappa shape index (κ3) is 0.992. The molecule has 48 valence electrons. The van der Waals surface area contributed by atoms with Crippen molar-refractivity contribution in [3.63, 3.8) is 0 Å². The Kier molecular flexibility index (Phi) is 1.83. The zero-order chi connectivity index (χ0) is 5.98. The molecule has 3 heteroatoms. The summed E-state index contributed by atoms with van der Waals surface area (Å²) in [5.74, 6) is 0. The van der Waals surface area contributed by atoms with E-state index in [1.807, 2.05) is 0 Å². The van der Waals surface area contributed by atoms with Crippen LogP contribution in [0, 0.1) is 0 Å². The second kappa shape index (κ2) is 2.44. The third-order valence-electron chi connectivity index (χ3n) is 1.40. The molecule has 0 spiro atoms. The molecule has 0 aromatic heterocycles. The summed E-state index contributed by atoms with van der Waals surface area (Å²) in [5, 5.41) is 8.93. The fourth-order valence-corrected chi connectivity index (χ4v) is 0.709. The predicted octanol–water partition coefficient (Wildman–Crippen LogP) is -0.905. The van der Waals surface area contributed by atoms with E-state index in [1.165, 1.54) is 0 Å². The van der Waals surface area contributed by atoms with Gasteiger partial charge in [-0.2, -0.15) is 0 Å². The summed E-state index contributed by atoms with van der Waals surface area (Å²) in [6.07, 6.45) is 0.544. The number of aliphatic hydroxyl groups is 1. The highest BCUT2D eigenvalue weighted by molar-refractivity contribution is 4.75. The topological polar surface area (TPSA) is 55.5 Å². The van der Waals surface area contributed by atoms with Gasteiger partial charge in [0.25, 0.3) is 0 Å². The van der Waals surface area contributed by atoms with Gasteiger partial charge in [-0.25, -0.2) is 0 Å². The molecular weight excluding hydrogens is 106 g/mol. The highest BCUT2D eigenvalue weighted by Gasteiger charge is 2.24. The first kappa shape index (κ1) is 6.01. The van der Waals surface area contributed by atoms with Gasteiger partial charge in [0.1, 0.15) is 0 Å². The first-order chi connectivity index (χ1) is 3.84. The van der Waals surface area contributed by atoms with Crippen molar-refractivity contribution in [1.82, 2.24) is 0 Å². The minimum Gasteiger partial charge on any atom is -0.389 e. The Hall–Kier alpha value is -0.120. The molecule has 0 amide bonds. The van der Waals surface area contributed by atoms with E-state index in [0.717, 1.165) is 13.0 Å². The van der Waals surface area contributed by atoms with E-state index in [0.29, 0.717) is 6.54 Å². The maximum Gasteiger partial charge on any atom is 0.0924 e. The molecule has 0 radical (unpaired) electrons. The van der Waals surface area contributed by atoms with Crippen LogP contribution in [0.2, 0.25) is 0 Å². The first-order valence-electron chi connectivity index (χ1n) is 2.84. The zero-order valence-corrected chi connectivity index (χ0v) is 4.71. The smallest absolute Gasteiger partial charge is 0.0924 e. The Morgan fingerprint density at radius 1 is 1.88 bits per heavy atom. The molecule has 1 heterocycles. The maximum atomic E-state index is 8.93. The summed E-state index contributed by atoms with van der Waals surface area (Å²) in [5.41, 5.74) is 5.15. The summed E-state index contributed by atoms with van der Waals surface area (Å²) in [4.78, 5) is 0. The zero-order valence-electron chi connectivity index (χ0n) is 4.71. The highest BCUT2D eigenvalue weighted by atomic mass is 16.5. The van der Waals surface area contributed by atoms with Crippen LogP contribution in [-0.4, -0.2) is 30.5 Å². The Balaban J connectivity index is 2.13. The maximum absolute atomic E-state index is 8.93. The van der Waals surface area contributed by atoms with Crippen LogP contribution in [-0.2, 0) is 4.74 Å². The minimum atomic E-state index is -0.441. The van der Waals surface area contributed by atoms with E-state index >= 15 is 0 Å². The van der Waals surface area contributed by atoms with Crippen molar-refractivity contribution in [2.75, 3.05) is 13.2 Å². The van der Waals surface area contributed by atoms with Crippen molar-refractivity contribution >= 4 is 0 Å². The average Bonchev–Trinajstić information content (AvgIpc) is 1.62. The lowest BCUT2D eigenvalue weighted by atomic mass is 10.1. The van der Waals surface area contributed by atoms with Crippen molar-refractivity contribution in [2.24, 2.45) is 5.73 Å².